The first-order valence-electron chi connectivity index (χ1n) is 11.1. The van der Waals surface area contributed by atoms with Gasteiger partial charge >= 0.3 is 6.18 Å². The van der Waals surface area contributed by atoms with Gasteiger partial charge in [0.1, 0.15) is 17.3 Å². The summed E-state index contributed by atoms with van der Waals surface area (Å²) in [6.45, 7) is 3.43. The van der Waals surface area contributed by atoms with Gasteiger partial charge in [0, 0.05) is 36.3 Å². The Labute approximate surface area is 205 Å². The van der Waals surface area contributed by atoms with E-state index in [-0.39, 0.29) is 17.7 Å². The molecule has 1 fully saturated rings. The Morgan fingerprint density at radius 3 is 2.49 bits per heavy atom. The molecule has 1 amide bonds. The monoisotopic (exact) mass is 499 g/mol. The normalized spacial score (nSPS) is 17.6. The molecule has 1 atom stereocenters. The first-order chi connectivity index (χ1) is 16.7. The number of aliphatic imine (C=N–C) groups is 1. The Kier molecular flexibility index (Phi) is 5.92. The maximum atomic E-state index is 13.3. The lowest BCUT2D eigenvalue weighted by molar-refractivity contribution is -0.137. The summed E-state index contributed by atoms with van der Waals surface area (Å²) in [5.41, 5.74) is 0.767. The summed E-state index contributed by atoms with van der Waals surface area (Å²) in [6, 6.07) is 17.1. The van der Waals surface area contributed by atoms with E-state index in [4.69, 9.17) is 21.3 Å². The molecule has 0 N–H and O–H groups in total. The minimum atomic E-state index is -4.49. The van der Waals surface area contributed by atoms with Crippen LogP contribution in [0.4, 0.5) is 18.9 Å². The number of rotatable bonds is 1. The highest BCUT2D eigenvalue weighted by atomic mass is 35.5. The number of hydrogen-bond acceptors (Lipinski definition) is 4. The average molecular weight is 500 g/mol. The number of carbonyl (C=O) groups excluding carboxylic acids is 1. The Morgan fingerprint density at radius 2 is 1.77 bits per heavy atom. The molecule has 1 saturated heterocycles. The van der Waals surface area contributed by atoms with Gasteiger partial charge in [0.15, 0.2) is 5.75 Å². The van der Waals surface area contributed by atoms with E-state index in [1.54, 1.807) is 36.4 Å². The second kappa shape index (κ2) is 8.92. The van der Waals surface area contributed by atoms with E-state index >= 15 is 0 Å². The number of halogens is 4. The van der Waals surface area contributed by atoms with Gasteiger partial charge < -0.3 is 14.5 Å². The third-order valence-corrected chi connectivity index (χ3v) is 6.39. The minimum absolute atomic E-state index is 0.0480. The number of amides is 1. The molecule has 180 valence electrons. The topological polar surface area (TPSA) is 45.1 Å². The number of fused-ring (bicyclic) bond motifs is 2. The number of amidine groups is 1. The van der Waals surface area contributed by atoms with E-state index in [1.807, 2.05) is 28.9 Å². The van der Waals surface area contributed by atoms with Crippen molar-refractivity contribution < 1.29 is 22.7 Å². The zero-order chi connectivity index (χ0) is 24.7. The zero-order valence-corrected chi connectivity index (χ0v) is 19.5. The van der Waals surface area contributed by atoms with Crippen LogP contribution in [0, 0.1) is 0 Å². The molecule has 0 aromatic heterocycles. The molecule has 0 spiro atoms. The third kappa shape index (κ3) is 4.58. The SMILES string of the molecule is C[C@@H]1CN(C2=Nc3ccc(C(F)(F)F)cc3Oc3ccccc32)CCN1C(=O)c1ccc(Cl)cc1. The van der Waals surface area contributed by atoms with Crippen LogP contribution in [0.15, 0.2) is 71.7 Å². The van der Waals surface area contributed by atoms with E-state index in [9.17, 15) is 18.0 Å². The van der Waals surface area contributed by atoms with Crippen molar-refractivity contribution in [3.05, 3.63) is 88.4 Å². The van der Waals surface area contributed by atoms with Crippen molar-refractivity contribution in [2.45, 2.75) is 19.1 Å². The van der Waals surface area contributed by atoms with Crippen molar-refractivity contribution in [1.29, 1.82) is 0 Å². The van der Waals surface area contributed by atoms with Gasteiger partial charge in [-0.25, -0.2) is 4.99 Å². The van der Waals surface area contributed by atoms with Crippen molar-refractivity contribution >= 4 is 29.0 Å². The largest absolute Gasteiger partial charge is 0.454 e. The van der Waals surface area contributed by atoms with Crippen LogP contribution in [0.25, 0.3) is 0 Å². The van der Waals surface area contributed by atoms with Gasteiger partial charge in [-0.15, -0.1) is 0 Å². The number of ether oxygens (including phenoxy) is 1. The Bertz CT molecular complexity index is 1310. The predicted octanol–water partition coefficient (Wildman–Crippen LogP) is 6.39. The third-order valence-electron chi connectivity index (χ3n) is 6.14. The lowest BCUT2D eigenvalue weighted by Gasteiger charge is -2.41. The summed E-state index contributed by atoms with van der Waals surface area (Å²) in [7, 11) is 0. The molecule has 5 nitrogen and oxygen atoms in total. The fourth-order valence-electron chi connectivity index (χ4n) is 4.35. The summed E-state index contributed by atoms with van der Waals surface area (Å²) in [5.74, 6) is 0.999. The Hall–Kier alpha value is -3.52. The van der Waals surface area contributed by atoms with E-state index < -0.39 is 11.7 Å². The number of benzene rings is 3. The van der Waals surface area contributed by atoms with E-state index in [0.717, 1.165) is 12.1 Å². The highest BCUT2D eigenvalue weighted by molar-refractivity contribution is 6.30. The van der Waals surface area contributed by atoms with Gasteiger partial charge in [0.2, 0.25) is 0 Å². The van der Waals surface area contributed by atoms with Gasteiger partial charge in [0.25, 0.3) is 5.91 Å². The summed E-state index contributed by atoms with van der Waals surface area (Å²) < 4.78 is 45.7. The van der Waals surface area contributed by atoms with Crippen LogP contribution in [0.3, 0.4) is 0 Å². The van der Waals surface area contributed by atoms with Crippen molar-refractivity contribution in [3.8, 4) is 11.5 Å². The molecule has 0 radical (unpaired) electrons. The Morgan fingerprint density at radius 1 is 1.03 bits per heavy atom. The standard InChI is InChI=1S/C26H21ClF3N3O2/c1-16-15-32(12-13-33(16)25(34)17-6-9-19(27)10-7-17)24-20-4-2-3-5-22(20)35-23-14-18(26(28,29)30)8-11-21(23)31-24/h2-11,14,16H,12-13,15H2,1H3/t16-/m1/s1. The molecule has 0 unspecified atom stereocenters. The molecule has 2 aliphatic rings. The van der Waals surface area contributed by atoms with Gasteiger partial charge in [-0.3, -0.25) is 4.79 Å². The summed E-state index contributed by atoms with van der Waals surface area (Å²) in [5, 5.41) is 0.564. The van der Waals surface area contributed by atoms with Gasteiger partial charge in [-0.2, -0.15) is 13.2 Å². The molecule has 0 aliphatic carbocycles. The smallest absolute Gasteiger partial charge is 0.416 e. The average Bonchev–Trinajstić information content (AvgIpc) is 3.00. The second-order valence-corrected chi connectivity index (χ2v) is 8.95. The van der Waals surface area contributed by atoms with Crippen molar-refractivity contribution in [2.75, 3.05) is 19.6 Å². The number of piperazine rings is 1. The molecular formula is C26H21ClF3N3O2. The fraction of sp³-hybridized carbons (Fsp3) is 0.231. The quantitative estimate of drug-likeness (QED) is 0.390. The van der Waals surface area contributed by atoms with Crippen LogP contribution in [0.5, 0.6) is 11.5 Å². The first-order valence-corrected chi connectivity index (χ1v) is 11.5. The fourth-order valence-corrected chi connectivity index (χ4v) is 4.47. The number of hydrogen-bond donors (Lipinski definition) is 0. The maximum Gasteiger partial charge on any atom is 0.416 e. The molecule has 0 bridgehead atoms. The lowest BCUT2D eigenvalue weighted by atomic mass is 10.1. The second-order valence-electron chi connectivity index (χ2n) is 8.51. The number of nitrogens with zero attached hydrogens (tertiary/aromatic N) is 3. The van der Waals surface area contributed by atoms with Gasteiger partial charge in [-0.05, 0) is 61.5 Å². The number of carbonyl (C=O) groups is 1. The van der Waals surface area contributed by atoms with Crippen LogP contribution >= 0.6 is 11.6 Å². The maximum absolute atomic E-state index is 13.3. The summed E-state index contributed by atoms with van der Waals surface area (Å²) in [6.07, 6.45) is -4.49. The highest BCUT2D eigenvalue weighted by Crippen LogP contribution is 2.42. The molecule has 5 rings (SSSR count). The molecule has 2 aliphatic heterocycles. The molecule has 2 heterocycles. The minimum Gasteiger partial charge on any atom is -0.454 e. The van der Waals surface area contributed by atoms with Crippen LogP contribution in [-0.4, -0.2) is 47.2 Å². The highest BCUT2D eigenvalue weighted by Gasteiger charge is 2.34. The summed E-state index contributed by atoms with van der Waals surface area (Å²) in [4.78, 5) is 21.6. The zero-order valence-electron chi connectivity index (χ0n) is 18.7. The number of alkyl halides is 3. The predicted molar refractivity (Wildman–Crippen MR) is 128 cm³/mol. The van der Waals surface area contributed by atoms with Crippen LogP contribution < -0.4 is 4.74 Å². The van der Waals surface area contributed by atoms with E-state index in [0.29, 0.717) is 53.1 Å². The molecular weight excluding hydrogens is 479 g/mol. The van der Waals surface area contributed by atoms with Crippen LogP contribution in [-0.2, 0) is 6.18 Å². The van der Waals surface area contributed by atoms with Gasteiger partial charge in [0.05, 0.1) is 11.1 Å². The van der Waals surface area contributed by atoms with E-state index in [2.05, 4.69) is 0 Å². The van der Waals surface area contributed by atoms with Crippen molar-refractivity contribution in [2.24, 2.45) is 4.99 Å². The van der Waals surface area contributed by atoms with Gasteiger partial charge in [-0.1, -0.05) is 23.7 Å². The molecule has 3 aromatic carbocycles. The van der Waals surface area contributed by atoms with E-state index in [1.165, 1.54) is 6.07 Å². The van der Waals surface area contributed by atoms with Crippen molar-refractivity contribution in [3.63, 3.8) is 0 Å². The molecule has 35 heavy (non-hydrogen) atoms. The first kappa shape index (κ1) is 23.2. The van der Waals surface area contributed by atoms with Crippen molar-refractivity contribution in [1.82, 2.24) is 9.80 Å². The molecule has 0 saturated carbocycles. The lowest BCUT2D eigenvalue weighted by Crippen LogP contribution is -2.55. The van der Waals surface area contributed by atoms with Crippen LogP contribution in [0.2, 0.25) is 5.02 Å². The molecule has 3 aromatic rings. The summed E-state index contributed by atoms with van der Waals surface area (Å²) >= 11 is 5.95. The molecule has 9 heteroatoms. The Balaban J connectivity index is 1.45. The number of para-hydroxylation sites is 1. The van der Waals surface area contributed by atoms with Crippen LogP contribution in [0.1, 0.15) is 28.4 Å².